The van der Waals surface area contributed by atoms with Gasteiger partial charge in [-0.05, 0) is 55.7 Å². The van der Waals surface area contributed by atoms with Crippen LogP contribution < -0.4 is 16.0 Å². The molecule has 1 fully saturated rings. The van der Waals surface area contributed by atoms with Gasteiger partial charge in [0, 0.05) is 23.0 Å². The first-order valence-electron chi connectivity index (χ1n) is 8.74. The van der Waals surface area contributed by atoms with Gasteiger partial charge in [-0.25, -0.2) is 4.79 Å². The maximum Gasteiger partial charge on any atom is 0.319 e. The Morgan fingerprint density at radius 1 is 1.00 bits per heavy atom. The molecule has 0 aromatic heterocycles. The number of hydrogen-bond acceptors (Lipinski definition) is 3. The summed E-state index contributed by atoms with van der Waals surface area (Å²) in [5.41, 5.74) is 2.16. The molecule has 1 saturated carbocycles. The lowest BCUT2D eigenvalue weighted by atomic mass is 10.0. The zero-order valence-corrected chi connectivity index (χ0v) is 14.9. The molecule has 0 radical (unpaired) electrons. The summed E-state index contributed by atoms with van der Waals surface area (Å²) in [5.74, 6) is -1.83. The first-order valence-corrected chi connectivity index (χ1v) is 8.74. The van der Waals surface area contributed by atoms with Crippen molar-refractivity contribution in [3.8, 4) is 0 Å². The molecular formula is C20H21N3O4. The van der Waals surface area contributed by atoms with E-state index in [0.717, 1.165) is 12.8 Å². The number of nitrogens with one attached hydrogen (secondary N) is 3. The predicted octanol–water partition coefficient (Wildman–Crippen LogP) is 3.41. The van der Waals surface area contributed by atoms with Crippen LogP contribution in [-0.4, -0.2) is 29.1 Å². The summed E-state index contributed by atoms with van der Waals surface area (Å²) < 4.78 is 0. The van der Waals surface area contributed by atoms with Gasteiger partial charge in [-0.3, -0.25) is 9.59 Å². The van der Waals surface area contributed by atoms with Gasteiger partial charge in [0.2, 0.25) is 0 Å². The Bertz CT molecular complexity index is 860. The molecule has 3 amide bonds. The predicted molar refractivity (Wildman–Crippen MR) is 102 cm³/mol. The number of aliphatic carboxylic acids is 1. The van der Waals surface area contributed by atoms with Crippen molar-refractivity contribution in [2.24, 2.45) is 0 Å². The fraction of sp³-hybridized carbons (Fsp3) is 0.250. The van der Waals surface area contributed by atoms with Crippen LogP contribution in [0, 0.1) is 0 Å². The van der Waals surface area contributed by atoms with Crippen molar-refractivity contribution in [3.63, 3.8) is 0 Å². The fourth-order valence-corrected chi connectivity index (χ4v) is 2.52. The highest BCUT2D eigenvalue weighted by molar-refractivity contribution is 6.05. The van der Waals surface area contributed by atoms with E-state index in [9.17, 15) is 14.4 Å². The molecule has 3 rings (SSSR count). The average molecular weight is 367 g/mol. The van der Waals surface area contributed by atoms with E-state index < -0.39 is 11.9 Å². The van der Waals surface area contributed by atoms with E-state index in [1.54, 1.807) is 55.5 Å². The van der Waals surface area contributed by atoms with Crippen LogP contribution in [0.4, 0.5) is 16.2 Å². The van der Waals surface area contributed by atoms with Crippen molar-refractivity contribution < 1.29 is 19.5 Å². The monoisotopic (exact) mass is 367 g/mol. The van der Waals surface area contributed by atoms with Crippen molar-refractivity contribution in [2.45, 2.75) is 31.7 Å². The van der Waals surface area contributed by atoms with Crippen molar-refractivity contribution in [2.75, 3.05) is 10.6 Å². The number of benzene rings is 2. The Labute approximate surface area is 156 Å². The van der Waals surface area contributed by atoms with E-state index in [1.807, 2.05) is 0 Å². The van der Waals surface area contributed by atoms with Gasteiger partial charge in [-0.1, -0.05) is 18.2 Å². The van der Waals surface area contributed by atoms with Gasteiger partial charge in [0.05, 0.1) is 5.92 Å². The minimum atomic E-state index is -0.901. The van der Waals surface area contributed by atoms with Gasteiger partial charge in [0.25, 0.3) is 5.91 Å². The second-order valence-corrected chi connectivity index (χ2v) is 6.59. The molecule has 1 aliphatic carbocycles. The molecule has 0 bridgehead atoms. The first-order chi connectivity index (χ1) is 12.9. The zero-order chi connectivity index (χ0) is 19.4. The van der Waals surface area contributed by atoms with E-state index in [2.05, 4.69) is 16.0 Å². The molecule has 1 atom stereocenters. The normalized spacial score (nSPS) is 14.1. The number of anilines is 2. The second-order valence-electron chi connectivity index (χ2n) is 6.59. The standard InChI is InChI=1S/C20H21N3O4/c1-12(19(25)26)13-5-7-15(8-6-13)21-18(24)14-3-2-4-17(11-14)23-20(27)22-16-9-10-16/h2-8,11-12,16H,9-10H2,1H3,(H,21,24)(H,25,26)(H2,22,23,27). The smallest absolute Gasteiger partial charge is 0.319 e. The van der Waals surface area contributed by atoms with Gasteiger partial charge >= 0.3 is 12.0 Å². The topological polar surface area (TPSA) is 108 Å². The number of urea groups is 1. The molecule has 7 nitrogen and oxygen atoms in total. The van der Waals surface area contributed by atoms with E-state index in [4.69, 9.17) is 5.11 Å². The van der Waals surface area contributed by atoms with Gasteiger partial charge in [0.1, 0.15) is 0 Å². The number of carbonyl (C=O) groups is 3. The molecular weight excluding hydrogens is 346 g/mol. The van der Waals surface area contributed by atoms with Gasteiger partial charge < -0.3 is 21.1 Å². The van der Waals surface area contributed by atoms with E-state index in [1.165, 1.54) is 0 Å². The van der Waals surface area contributed by atoms with Crippen LogP contribution in [0.3, 0.4) is 0 Å². The van der Waals surface area contributed by atoms with E-state index in [-0.39, 0.29) is 18.0 Å². The third-order valence-electron chi connectivity index (χ3n) is 4.33. The SMILES string of the molecule is CC(C(=O)O)c1ccc(NC(=O)c2cccc(NC(=O)NC3CC3)c2)cc1. The molecule has 2 aromatic carbocycles. The van der Waals surface area contributed by atoms with Crippen molar-refractivity contribution in [1.29, 1.82) is 0 Å². The lowest BCUT2D eigenvalue weighted by Crippen LogP contribution is -2.30. The summed E-state index contributed by atoms with van der Waals surface area (Å²) in [6.45, 7) is 1.60. The van der Waals surface area contributed by atoms with Crippen molar-refractivity contribution in [1.82, 2.24) is 5.32 Å². The molecule has 0 aliphatic heterocycles. The molecule has 1 unspecified atom stereocenters. The maximum absolute atomic E-state index is 12.4. The molecule has 1 aliphatic rings. The van der Waals surface area contributed by atoms with Gasteiger partial charge in [0.15, 0.2) is 0 Å². The fourth-order valence-electron chi connectivity index (χ4n) is 2.52. The Balaban J connectivity index is 1.62. The molecule has 7 heteroatoms. The van der Waals surface area contributed by atoms with Crippen LogP contribution in [0.25, 0.3) is 0 Å². The van der Waals surface area contributed by atoms with Crippen LogP contribution in [0.2, 0.25) is 0 Å². The molecule has 4 N–H and O–H groups in total. The first kappa shape index (κ1) is 18.4. The number of rotatable bonds is 6. The Morgan fingerprint density at radius 3 is 2.33 bits per heavy atom. The zero-order valence-electron chi connectivity index (χ0n) is 14.9. The Hall–Kier alpha value is -3.35. The minimum absolute atomic E-state index is 0.253. The number of carboxylic acids is 1. The molecule has 2 aromatic rings. The summed E-state index contributed by atoms with van der Waals surface area (Å²) in [6.07, 6.45) is 2.00. The summed E-state index contributed by atoms with van der Waals surface area (Å²) >= 11 is 0. The number of hydrogen-bond donors (Lipinski definition) is 4. The Morgan fingerprint density at radius 2 is 1.70 bits per heavy atom. The summed E-state index contributed by atoms with van der Waals surface area (Å²) in [7, 11) is 0. The maximum atomic E-state index is 12.4. The molecule has 0 spiro atoms. The third kappa shape index (κ3) is 5.07. The molecule has 140 valence electrons. The highest BCUT2D eigenvalue weighted by Gasteiger charge is 2.23. The minimum Gasteiger partial charge on any atom is -0.481 e. The Kier molecular flexibility index (Phi) is 5.40. The van der Waals surface area contributed by atoms with Crippen LogP contribution >= 0.6 is 0 Å². The van der Waals surface area contributed by atoms with Gasteiger partial charge in [-0.15, -0.1) is 0 Å². The van der Waals surface area contributed by atoms with Crippen LogP contribution in [-0.2, 0) is 4.79 Å². The number of carbonyl (C=O) groups excluding carboxylic acids is 2. The van der Waals surface area contributed by atoms with Crippen molar-refractivity contribution >= 4 is 29.3 Å². The number of amides is 3. The molecule has 0 heterocycles. The van der Waals surface area contributed by atoms with E-state index in [0.29, 0.717) is 22.5 Å². The lowest BCUT2D eigenvalue weighted by molar-refractivity contribution is -0.138. The quantitative estimate of drug-likeness (QED) is 0.627. The highest BCUT2D eigenvalue weighted by Crippen LogP contribution is 2.20. The average Bonchev–Trinajstić information content (AvgIpc) is 3.45. The van der Waals surface area contributed by atoms with Crippen LogP contribution in [0.5, 0.6) is 0 Å². The number of carboxylic acid groups (broad SMARTS) is 1. The highest BCUT2D eigenvalue weighted by atomic mass is 16.4. The lowest BCUT2D eigenvalue weighted by Gasteiger charge is -2.10. The molecule has 27 heavy (non-hydrogen) atoms. The third-order valence-corrected chi connectivity index (χ3v) is 4.33. The molecule has 0 saturated heterocycles. The van der Waals surface area contributed by atoms with E-state index >= 15 is 0 Å². The second kappa shape index (κ2) is 7.90. The summed E-state index contributed by atoms with van der Waals surface area (Å²) in [5, 5.41) is 17.3. The van der Waals surface area contributed by atoms with Gasteiger partial charge in [-0.2, -0.15) is 0 Å². The van der Waals surface area contributed by atoms with Crippen molar-refractivity contribution in [3.05, 3.63) is 59.7 Å². The van der Waals surface area contributed by atoms with Crippen LogP contribution in [0.1, 0.15) is 41.6 Å². The summed E-state index contributed by atoms with van der Waals surface area (Å²) in [6, 6.07) is 13.3. The largest absolute Gasteiger partial charge is 0.481 e. The van der Waals surface area contributed by atoms with Crippen LogP contribution in [0.15, 0.2) is 48.5 Å². The summed E-state index contributed by atoms with van der Waals surface area (Å²) in [4.78, 5) is 35.3.